The maximum Gasteiger partial charge on any atom is 0.0447 e. The summed E-state index contributed by atoms with van der Waals surface area (Å²) in [6.07, 6.45) is 8.42. The standard InChI is InChI=1S/C12H21N/c1-3-12-7-5-4-6-11(12)8-10(2)13-9-12/h11H,3-9H2,1-2H3. The lowest BCUT2D eigenvalue weighted by molar-refractivity contribution is 0.0955. The molecule has 0 aromatic carbocycles. The van der Waals surface area contributed by atoms with E-state index in [1.807, 2.05) is 0 Å². The first-order chi connectivity index (χ1) is 6.27. The highest BCUT2D eigenvalue weighted by molar-refractivity contribution is 5.82. The van der Waals surface area contributed by atoms with E-state index in [0.717, 1.165) is 12.5 Å². The van der Waals surface area contributed by atoms with E-state index in [4.69, 9.17) is 0 Å². The third-order valence-electron chi connectivity index (χ3n) is 4.25. The summed E-state index contributed by atoms with van der Waals surface area (Å²) < 4.78 is 0. The fraction of sp³-hybridized carbons (Fsp3) is 0.917. The first kappa shape index (κ1) is 9.23. The van der Waals surface area contributed by atoms with Crippen LogP contribution in [0.25, 0.3) is 0 Å². The molecule has 1 heteroatoms. The fourth-order valence-electron chi connectivity index (χ4n) is 3.20. The summed E-state index contributed by atoms with van der Waals surface area (Å²) in [4.78, 5) is 4.67. The summed E-state index contributed by atoms with van der Waals surface area (Å²) in [6.45, 7) is 5.68. The van der Waals surface area contributed by atoms with E-state index in [1.165, 1.54) is 44.2 Å². The van der Waals surface area contributed by atoms with Crippen molar-refractivity contribution in [1.82, 2.24) is 0 Å². The van der Waals surface area contributed by atoms with Crippen molar-refractivity contribution in [2.75, 3.05) is 6.54 Å². The quantitative estimate of drug-likeness (QED) is 0.584. The number of hydrogen-bond donors (Lipinski definition) is 0. The van der Waals surface area contributed by atoms with Gasteiger partial charge in [0.15, 0.2) is 0 Å². The van der Waals surface area contributed by atoms with Gasteiger partial charge in [-0.2, -0.15) is 0 Å². The number of aliphatic imine (C=N–C) groups is 1. The summed E-state index contributed by atoms with van der Waals surface area (Å²) in [5.41, 5.74) is 2.01. The molecular formula is C12H21N. The number of nitrogens with zero attached hydrogens (tertiary/aromatic N) is 1. The molecule has 0 spiro atoms. The Bertz CT molecular complexity index is 219. The van der Waals surface area contributed by atoms with E-state index in [-0.39, 0.29) is 0 Å². The second-order valence-electron chi connectivity index (χ2n) is 4.91. The highest BCUT2D eigenvalue weighted by Gasteiger charge is 2.40. The average Bonchev–Trinajstić information content (AvgIpc) is 2.18. The monoisotopic (exact) mass is 179 g/mol. The molecule has 0 bridgehead atoms. The predicted octanol–water partition coefficient (Wildman–Crippen LogP) is 3.44. The molecule has 0 amide bonds. The molecule has 1 heterocycles. The zero-order valence-corrected chi connectivity index (χ0v) is 8.97. The summed E-state index contributed by atoms with van der Waals surface area (Å²) in [7, 11) is 0. The molecule has 2 unspecified atom stereocenters. The van der Waals surface area contributed by atoms with Gasteiger partial charge in [0.2, 0.25) is 0 Å². The van der Waals surface area contributed by atoms with Crippen LogP contribution in [-0.2, 0) is 0 Å². The lowest BCUT2D eigenvalue weighted by atomic mass is 9.62. The van der Waals surface area contributed by atoms with Gasteiger partial charge in [-0.3, -0.25) is 4.99 Å². The van der Waals surface area contributed by atoms with Crippen LogP contribution in [0.2, 0.25) is 0 Å². The first-order valence-electron chi connectivity index (χ1n) is 5.77. The Morgan fingerprint density at radius 1 is 1.46 bits per heavy atom. The van der Waals surface area contributed by atoms with E-state index in [1.54, 1.807) is 0 Å². The van der Waals surface area contributed by atoms with Gasteiger partial charge in [-0.1, -0.05) is 19.8 Å². The van der Waals surface area contributed by atoms with Gasteiger partial charge in [-0.25, -0.2) is 0 Å². The van der Waals surface area contributed by atoms with Gasteiger partial charge in [-0.05, 0) is 43.9 Å². The summed E-state index contributed by atoms with van der Waals surface area (Å²) >= 11 is 0. The Labute approximate surface area is 81.6 Å². The molecule has 0 aromatic rings. The largest absolute Gasteiger partial charge is 0.294 e. The van der Waals surface area contributed by atoms with Crippen LogP contribution >= 0.6 is 0 Å². The lowest BCUT2D eigenvalue weighted by Gasteiger charge is -2.45. The van der Waals surface area contributed by atoms with Gasteiger partial charge in [0.05, 0.1) is 0 Å². The first-order valence-corrected chi connectivity index (χ1v) is 5.77. The van der Waals surface area contributed by atoms with Crippen LogP contribution in [0.5, 0.6) is 0 Å². The second-order valence-corrected chi connectivity index (χ2v) is 4.91. The van der Waals surface area contributed by atoms with E-state index in [2.05, 4.69) is 18.8 Å². The van der Waals surface area contributed by atoms with Gasteiger partial charge >= 0.3 is 0 Å². The van der Waals surface area contributed by atoms with Crippen LogP contribution in [0.3, 0.4) is 0 Å². The lowest BCUT2D eigenvalue weighted by Crippen LogP contribution is -2.40. The van der Waals surface area contributed by atoms with E-state index in [0.29, 0.717) is 5.41 Å². The van der Waals surface area contributed by atoms with E-state index in [9.17, 15) is 0 Å². The molecule has 2 atom stereocenters. The van der Waals surface area contributed by atoms with Crippen molar-refractivity contribution < 1.29 is 0 Å². The van der Waals surface area contributed by atoms with Gasteiger partial charge in [0.25, 0.3) is 0 Å². The third-order valence-corrected chi connectivity index (χ3v) is 4.25. The molecule has 2 rings (SSSR count). The maximum absolute atomic E-state index is 4.67. The Morgan fingerprint density at radius 3 is 3.08 bits per heavy atom. The molecule has 1 fully saturated rings. The van der Waals surface area contributed by atoms with Crippen molar-refractivity contribution in [2.24, 2.45) is 16.3 Å². The normalized spacial score (nSPS) is 39.5. The van der Waals surface area contributed by atoms with Crippen molar-refractivity contribution in [3.63, 3.8) is 0 Å². The second kappa shape index (κ2) is 3.43. The summed E-state index contributed by atoms with van der Waals surface area (Å²) in [6, 6.07) is 0. The molecule has 0 saturated heterocycles. The highest BCUT2D eigenvalue weighted by Crippen LogP contribution is 2.47. The number of hydrogen-bond acceptors (Lipinski definition) is 1. The van der Waals surface area contributed by atoms with Gasteiger partial charge in [0.1, 0.15) is 0 Å². The molecule has 1 aliphatic carbocycles. The number of rotatable bonds is 1. The van der Waals surface area contributed by atoms with Gasteiger partial charge in [-0.15, -0.1) is 0 Å². The molecule has 0 radical (unpaired) electrons. The molecule has 0 N–H and O–H groups in total. The SMILES string of the molecule is CCC12CCCCC1CC(C)=NC2. The van der Waals surface area contributed by atoms with Crippen molar-refractivity contribution in [3.8, 4) is 0 Å². The summed E-state index contributed by atoms with van der Waals surface area (Å²) in [5, 5.41) is 0. The van der Waals surface area contributed by atoms with Crippen molar-refractivity contribution >= 4 is 5.71 Å². The zero-order valence-electron chi connectivity index (χ0n) is 8.97. The van der Waals surface area contributed by atoms with Crippen LogP contribution < -0.4 is 0 Å². The van der Waals surface area contributed by atoms with Crippen molar-refractivity contribution in [2.45, 2.75) is 52.4 Å². The van der Waals surface area contributed by atoms with Crippen LogP contribution in [-0.4, -0.2) is 12.3 Å². The minimum atomic E-state index is 0.609. The maximum atomic E-state index is 4.67. The molecule has 0 aromatic heterocycles. The Kier molecular flexibility index (Phi) is 2.44. The highest BCUT2D eigenvalue weighted by atomic mass is 14.8. The van der Waals surface area contributed by atoms with Gasteiger partial charge < -0.3 is 0 Å². The molecule has 1 nitrogen and oxygen atoms in total. The average molecular weight is 179 g/mol. The minimum Gasteiger partial charge on any atom is -0.294 e. The Morgan fingerprint density at radius 2 is 2.31 bits per heavy atom. The van der Waals surface area contributed by atoms with Gasteiger partial charge in [0, 0.05) is 12.3 Å². The molecule has 1 saturated carbocycles. The number of fused-ring (bicyclic) bond motifs is 1. The molecular weight excluding hydrogens is 158 g/mol. The van der Waals surface area contributed by atoms with E-state index < -0.39 is 0 Å². The molecule has 2 aliphatic rings. The molecule has 1 aliphatic heterocycles. The topological polar surface area (TPSA) is 12.4 Å². The molecule has 13 heavy (non-hydrogen) atoms. The van der Waals surface area contributed by atoms with Crippen molar-refractivity contribution in [3.05, 3.63) is 0 Å². The smallest absolute Gasteiger partial charge is 0.0447 e. The minimum absolute atomic E-state index is 0.609. The van der Waals surface area contributed by atoms with E-state index >= 15 is 0 Å². The van der Waals surface area contributed by atoms with Crippen LogP contribution in [0.1, 0.15) is 52.4 Å². The zero-order chi connectivity index (χ0) is 9.31. The third kappa shape index (κ3) is 1.53. The van der Waals surface area contributed by atoms with Crippen LogP contribution in [0.4, 0.5) is 0 Å². The molecule has 74 valence electrons. The van der Waals surface area contributed by atoms with Crippen molar-refractivity contribution in [1.29, 1.82) is 0 Å². The van der Waals surface area contributed by atoms with Crippen LogP contribution in [0, 0.1) is 11.3 Å². The fourth-order valence-corrected chi connectivity index (χ4v) is 3.20. The Hall–Kier alpha value is -0.330. The van der Waals surface area contributed by atoms with Crippen LogP contribution in [0.15, 0.2) is 4.99 Å². The summed E-state index contributed by atoms with van der Waals surface area (Å²) in [5.74, 6) is 0.962. The predicted molar refractivity (Wildman–Crippen MR) is 57.3 cm³/mol. The Balaban J connectivity index is 2.19.